The highest BCUT2D eigenvalue weighted by Crippen LogP contribution is 2.30. The summed E-state index contributed by atoms with van der Waals surface area (Å²) in [6, 6.07) is 9.64. The lowest BCUT2D eigenvalue weighted by molar-refractivity contribution is -0.132. The number of nitrogens with one attached hydrogen (secondary N) is 2. The van der Waals surface area contributed by atoms with Gasteiger partial charge in [0.1, 0.15) is 6.04 Å². The first-order valence-electron chi connectivity index (χ1n) is 11.4. The van der Waals surface area contributed by atoms with E-state index in [1.54, 1.807) is 0 Å². The molecule has 1 saturated heterocycles. The van der Waals surface area contributed by atoms with Crippen LogP contribution in [0.2, 0.25) is 0 Å². The summed E-state index contributed by atoms with van der Waals surface area (Å²) in [5.41, 5.74) is 3.59. The van der Waals surface area contributed by atoms with E-state index in [9.17, 15) is 9.59 Å². The van der Waals surface area contributed by atoms with Gasteiger partial charge in [-0.15, -0.1) is 0 Å². The van der Waals surface area contributed by atoms with E-state index in [-0.39, 0.29) is 24.4 Å². The van der Waals surface area contributed by atoms with Gasteiger partial charge in [-0.2, -0.15) is 5.10 Å². The van der Waals surface area contributed by atoms with Crippen molar-refractivity contribution in [2.24, 2.45) is 5.92 Å². The topological polar surface area (TPSA) is 79.3 Å². The second kappa shape index (κ2) is 9.22. The summed E-state index contributed by atoms with van der Waals surface area (Å²) in [7, 11) is 0. The summed E-state index contributed by atoms with van der Waals surface area (Å²) in [5.74, 6) is 0.444. The molecule has 4 rings (SSSR count). The van der Waals surface area contributed by atoms with Crippen LogP contribution in [0.4, 0.5) is 0 Å². The first kappa shape index (κ1) is 21.6. The van der Waals surface area contributed by atoms with Crippen molar-refractivity contribution >= 4 is 11.8 Å². The Hall–Kier alpha value is -2.67. The fraction of sp³-hybridized carbons (Fsp3) is 0.542. The third-order valence-corrected chi connectivity index (χ3v) is 6.74. The van der Waals surface area contributed by atoms with Gasteiger partial charge in [0, 0.05) is 30.4 Å². The average Bonchev–Trinajstić information content (AvgIpc) is 3.05. The normalized spacial score (nSPS) is 24.6. The number of nitrogens with zero attached hydrogens (tertiary/aromatic N) is 3. The Labute approximate surface area is 184 Å². The molecule has 1 aromatic carbocycles. The Morgan fingerprint density at radius 3 is 2.68 bits per heavy atom. The Bertz CT molecular complexity index is 939. The molecule has 7 nitrogen and oxygen atoms in total. The molecule has 31 heavy (non-hydrogen) atoms. The molecule has 7 heteroatoms. The Morgan fingerprint density at radius 1 is 1.19 bits per heavy atom. The monoisotopic (exact) mass is 423 g/mol. The highest BCUT2D eigenvalue weighted by atomic mass is 16.2. The van der Waals surface area contributed by atoms with Crippen LogP contribution in [0.1, 0.15) is 55.6 Å². The number of hydrogen-bond acceptors (Lipinski definition) is 4. The molecule has 0 bridgehead atoms. The molecule has 2 N–H and O–H groups in total. The van der Waals surface area contributed by atoms with E-state index in [0.717, 1.165) is 35.5 Å². The van der Waals surface area contributed by atoms with E-state index in [1.807, 2.05) is 53.8 Å². The van der Waals surface area contributed by atoms with Gasteiger partial charge in [0.2, 0.25) is 11.8 Å². The number of aryl methyl sites for hydroxylation is 1. The van der Waals surface area contributed by atoms with E-state index in [2.05, 4.69) is 17.6 Å². The lowest BCUT2D eigenvalue weighted by Crippen LogP contribution is -2.54. The van der Waals surface area contributed by atoms with E-state index in [1.165, 1.54) is 12.8 Å². The van der Waals surface area contributed by atoms with Crippen molar-refractivity contribution in [3.63, 3.8) is 0 Å². The summed E-state index contributed by atoms with van der Waals surface area (Å²) in [6.07, 6.45) is 4.61. The van der Waals surface area contributed by atoms with Crippen LogP contribution >= 0.6 is 0 Å². The van der Waals surface area contributed by atoms with Crippen molar-refractivity contribution in [1.82, 2.24) is 25.3 Å². The van der Waals surface area contributed by atoms with Crippen molar-refractivity contribution in [2.75, 3.05) is 19.6 Å². The van der Waals surface area contributed by atoms with E-state index < -0.39 is 6.04 Å². The fourth-order valence-corrected chi connectivity index (χ4v) is 5.04. The predicted molar refractivity (Wildman–Crippen MR) is 120 cm³/mol. The van der Waals surface area contributed by atoms with Crippen molar-refractivity contribution in [1.29, 1.82) is 0 Å². The Balaban J connectivity index is 1.56. The first-order valence-corrected chi connectivity index (χ1v) is 11.4. The molecular weight excluding hydrogens is 390 g/mol. The fourth-order valence-electron chi connectivity index (χ4n) is 5.04. The quantitative estimate of drug-likeness (QED) is 0.775. The van der Waals surface area contributed by atoms with Crippen LogP contribution in [0.25, 0.3) is 5.69 Å². The molecule has 1 aliphatic heterocycles. The molecule has 3 atom stereocenters. The minimum atomic E-state index is -0.513. The third-order valence-electron chi connectivity index (χ3n) is 6.74. The number of rotatable bonds is 5. The SMILES string of the molecule is Cc1nn(-c2ccccc2)c(C)c1[C@@H]1C(=O)NCCN1CC(=O)N[C@@H]1CCCC[C@@H]1C. The molecule has 1 aliphatic carbocycles. The van der Waals surface area contributed by atoms with Gasteiger partial charge in [-0.25, -0.2) is 4.68 Å². The molecule has 1 aromatic heterocycles. The maximum atomic E-state index is 13.0. The van der Waals surface area contributed by atoms with Gasteiger partial charge < -0.3 is 10.6 Å². The predicted octanol–water partition coefficient (Wildman–Crippen LogP) is 2.66. The highest BCUT2D eigenvalue weighted by Gasteiger charge is 2.36. The number of piperazine rings is 1. The van der Waals surface area contributed by atoms with Crippen LogP contribution in [0.15, 0.2) is 30.3 Å². The van der Waals surface area contributed by atoms with Gasteiger partial charge in [0.25, 0.3) is 0 Å². The van der Waals surface area contributed by atoms with Crippen LogP contribution in [-0.2, 0) is 9.59 Å². The summed E-state index contributed by atoms with van der Waals surface area (Å²) in [5, 5.41) is 10.9. The van der Waals surface area contributed by atoms with Crippen LogP contribution in [0, 0.1) is 19.8 Å². The minimum Gasteiger partial charge on any atom is -0.353 e. The molecule has 0 radical (unpaired) electrons. The molecule has 2 aliphatic rings. The molecule has 166 valence electrons. The second-order valence-electron chi connectivity index (χ2n) is 8.93. The molecule has 1 saturated carbocycles. The largest absolute Gasteiger partial charge is 0.353 e. The summed E-state index contributed by atoms with van der Waals surface area (Å²) < 4.78 is 1.88. The van der Waals surface area contributed by atoms with E-state index in [0.29, 0.717) is 19.0 Å². The molecule has 2 amide bonds. The highest BCUT2D eigenvalue weighted by molar-refractivity contribution is 5.86. The lowest BCUT2D eigenvalue weighted by Gasteiger charge is -2.36. The second-order valence-corrected chi connectivity index (χ2v) is 8.93. The zero-order valence-corrected chi connectivity index (χ0v) is 18.7. The zero-order valence-electron chi connectivity index (χ0n) is 18.7. The number of carbonyl (C=O) groups is 2. The maximum absolute atomic E-state index is 13.0. The van der Waals surface area contributed by atoms with Crippen LogP contribution in [0.5, 0.6) is 0 Å². The van der Waals surface area contributed by atoms with E-state index in [4.69, 9.17) is 5.10 Å². The number of carbonyl (C=O) groups excluding carboxylic acids is 2. The molecule has 2 heterocycles. The van der Waals surface area contributed by atoms with Gasteiger partial charge >= 0.3 is 0 Å². The Kier molecular flexibility index (Phi) is 6.41. The maximum Gasteiger partial charge on any atom is 0.242 e. The third kappa shape index (κ3) is 4.51. The van der Waals surface area contributed by atoms with Crippen LogP contribution in [0.3, 0.4) is 0 Å². The number of benzene rings is 1. The van der Waals surface area contributed by atoms with Crippen molar-refractivity contribution in [3.8, 4) is 5.69 Å². The molecular formula is C24H33N5O2. The number of hydrogen-bond donors (Lipinski definition) is 2. The standard InChI is InChI=1S/C24H33N5O2/c1-16-9-7-8-12-20(16)26-21(30)15-28-14-13-25-24(31)23(28)22-17(2)27-29(18(22)3)19-10-5-4-6-11-19/h4-6,10-11,16,20,23H,7-9,12-15H2,1-3H3,(H,25,31)(H,26,30)/t16-,20+,23+/m0/s1. The van der Waals surface area contributed by atoms with Gasteiger partial charge in [-0.1, -0.05) is 38.0 Å². The Morgan fingerprint density at radius 2 is 1.94 bits per heavy atom. The molecule has 0 unspecified atom stereocenters. The van der Waals surface area contributed by atoms with Crippen molar-refractivity contribution in [2.45, 2.75) is 58.5 Å². The molecule has 2 aromatic rings. The smallest absolute Gasteiger partial charge is 0.242 e. The lowest BCUT2D eigenvalue weighted by atomic mass is 9.86. The van der Waals surface area contributed by atoms with Crippen LogP contribution < -0.4 is 10.6 Å². The molecule has 0 spiro atoms. The number of para-hydroxylation sites is 1. The molecule has 2 fully saturated rings. The number of amides is 2. The van der Waals surface area contributed by atoms with Gasteiger partial charge in [0.05, 0.1) is 17.9 Å². The van der Waals surface area contributed by atoms with Gasteiger partial charge in [-0.05, 0) is 44.7 Å². The minimum absolute atomic E-state index is 0.00390. The van der Waals surface area contributed by atoms with Gasteiger partial charge in [0.15, 0.2) is 0 Å². The first-order chi connectivity index (χ1) is 15.0. The van der Waals surface area contributed by atoms with Crippen molar-refractivity contribution < 1.29 is 9.59 Å². The average molecular weight is 424 g/mol. The van der Waals surface area contributed by atoms with Crippen LogP contribution in [-0.4, -0.2) is 52.2 Å². The summed E-state index contributed by atoms with van der Waals surface area (Å²) >= 11 is 0. The van der Waals surface area contributed by atoms with E-state index >= 15 is 0 Å². The number of aromatic nitrogens is 2. The zero-order chi connectivity index (χ0) is 22.0. The summed E-state index contributed by atoms with van der Waals surface area (Å²) in [4.78, 5) is 27.9. The van der Waals surface area contributed by atoms with Crippen molar-refractivity contribution in [3.05, 3.63) is 47.3 Å². The summed E-state index contributed by atoms with van der Waals surface area (Å²) in [6.45, 7) is 7.55. The van der Waals surface area contributed by atoms with Gasteiger partial charge in [-0.3, -0.25) is 14.5 Å².